The van der Waals surface area contributed by atoms with Gasteiger partial charge in [0, 0.05) is 0 Å². The summed E-state index contributed by atoms with van der Waals surface area (Å²) in [5.74, 6) is -2.79. The molecule has 6 nitrogen and oxygen atoms in total. The van der Waals surface area contributed by atoms with Crippen LogP contribution in [-0.4, -0.2) is 48.3 Å². The van der Waals surface area contributed by atoms with E-state index in [-0.39, 0.29) is 12.8 Å². The number of cyclic esters (lactones) is 2. The molecule has 0 amide bonds. The summed E-state index contributed by atoms with van der Waals surface area (Å²) < 4.78 is 33.0. The molecule has 2 saturated heterocycles. The van der Waals surface area contributed by atoms with Crippen molar-refractivity contribution in [2.45, 2.75) is 60.3 Å². The SMILES string of the molecule is CC1(C)O[C@@H]2[C@@H](O1)C(c1ccccc1)(c1ccccc1)OC(=O)C([CH2][Sn]([c]1ccccc1)([c]1ccccc1)[c]1ccccc1)CCC(=O)OC2(c1ccccc1)c1ccccc1. The van der Waals surface area contributed by atoms with E-state index in [2.05, 4.69) is 72.8 Å². The molecule has 2 heterocycles. The van der Waals surface area contributed by atoms with Crippen LogP contribution in [0.3, 0.4) is 0 Å². The Labute approximate surface area is 368 Å². The van der Waals surface area contributed by atoms with Crippen molar-refractivity contribution in [3.63, 3.8) is 0 Å². The number of hydrogen-bond donors (Lipinski definition) is 0. The second kappa shape index (κ2) is 17.5. The van der Waals surface area contributed by atoms with Crippen LogP contribution in [0, 0.1) is 5.92 Å². The minimum atomic E-state index is -4.19. The molecule has 0 aliphatic carbocycles. The molecule has 2 aliphatic heterocycles. The van der Waals surface area contributed by atoms with Gasteiger partial charge in [-0.1, -0.05) is 0 Å². The van der Waals surface area contributed by atoms with Crippen LogP contribution in [0.25, 0.3) is 0 Å². The fourth-order valence-corrected chi connectivity index (χ4v) is 24.5. The van der Waals surface area contributed by atoms with Crippen molar-refractivity contribution >= 4 is 41.1 Å². The van der Waals surface area contributed by atoms with Gasteiger partial charge in [0.25, 0.3) is 0 Å². The van der Waals surface area contributed by atoms with Crippen LogP contribution >= 0.6 is 0 Å². The summed E-state index contributed by atoms with van der Waals surface area (Å²) in [7, 11) is 0. The molecule has 3 atom stereocenters. The maximum absolute atomic E-state index is 16.0. The van der Waals surface area contributed by atoms with Crippen molar-refractivity contribution in [3.8, 4) is 0 Å². The van der Waals surface area contributed by atoms with E-state index in [9.17, 15) is 0 Å². The quantitative estimate of drug-likeness (QED) is 0.106. The van der Waals surface area contributed by atoms with E-state index in [0.29, 0.717) is 26.7 Å². The van der Waals surface area contributed by atoms with Crippen molar-refractivity contribution < 1.29 is 28.5 Å². The molecule has 0 radical (unpaired) electrons. The summed E-state index contributed by atoms with van der Waals surface area (Å²) in [6.07, 6.45) is -1.89. The standard InChI is InChI=1S/C37H35O6.3C6H5.Sn/c1-26-24-25-31(38)40-36(27-16-8-4-9-17-27,28-18-10-5-11-19-28)32-33(42-35(2,3)41-32)37(43-34(26)39,29-20-12-6-13-21-29)30-22-14-7-15-23-30;3*1-2-4-6-5-3-1;/h4-23,26,32-33H,1,24-25H2,2-3H3;3*1-5H;/t26?,32-,33-;;;;/m1..../s1. The topological polar surface area (TPSA) is 71.1 Å². The van der Waals surface area contributed by atoms with Gasteiger partial charge in [0.2, 0.25) is 0 Å². The fourth-order valence-electron chi connectivity index (χ4n) is 9.90. The van der Waals surface area contributed by atoms with Gasteiger partial charge in [0.1, 0.15) is 0 Å². The van der Waals surface area contributed by atoms with Crippen molar-refractivity contribution in [1.82, 2.24) is 0 Å². The number of rotatable bonds is 9. The number of carbonyl (C=O) groups excluding carboxylic acids is 2. The molecule has 1 unspecified atom stereocenters. The first kappa shape index (κ1) is 41.5. The Hall–Kier alpha value is -5.80. The van der Waals surface area contributed by atoms with Gasteiger partial charge in [-0.05, 0) is 0 Å². The molecule has 2 fully saturated rings. The summed E-state index contributed by atoms with van der Waals surface area (Å²) in [6, 6.07) is 71.1. The first-order valence-electron chi connectivity index (χ1n) is 21.5. The van der Waals surface area contributed by atoms with Gasteiger partial charge in [0.05, 0.1) is 0 Å². The van der Waals surface area contributed by atoms with Crippen molar-refractivity contribution in [1.29, 1.82) is 0 Å². The van der Waals surface area contributed by atoms with Crippen molar-refractivity contribution in [3.05, 3.63) is 235 Å². The molecular weight excluding hydrogens is 875 g/mol. The van der Waals surface area contributed by atoms with Crippen LogP contribution in [0.15, 0.2) is 212 Å². The van der Waals surface area contributed by atoms with Gasteiger partial charge in [-0.15, -0.1) is 0 Å². The summed E-state index contributed by atoms with van der Waals surface area (Å²) in [5.41, 5.74) is -0.300. The van der Waals surface area contributed by atoms with Gasteiger partial charge in [-0.3, -0.25) is 0 Å². The van der Waals surface area contributed by atoms with Crippen molar-refractivity contribution in [2.75, 3.05) is 0 Å². The number of benzene rings is 7. The van der Waals surface area contributed by atoms with E-state index in [4.69, 9.17) is 18.9 Å². The molecule has 310 valence electrons. The number of fused-ring (bicyclic) bond motifs is 1. The molecule has 62 heavy (non-hydrogen) atoms. The molecule has 7 aromatic carbocycles. The van der Waals surface area contributed by atoms with Crippen LogP contribution in [-0.2, 0) is 39.7 Å². The van der Waals surface area contributed by atoms with E-state index in [1.807, 2.05) is 153 Å². The molecule has 0 bridgehead atoms. The number of carbonyl (C=O) groups is 2. The molecule has 0 saturated carbocycles. The predicted molar refractivity (Wildman–Crippen MR) is 245 cm³/mol. The average molecular weight is 926 g/mol. The molecule has 0 N–H and O–H groups in total. The third kappa shape index (κ3) is 7.59. The zero-order chi connectivity index (χ0) is 42.6. The summed E-state index contributed by atoms with van der Waals surface area (Å²) in [6.45, 7) is 3.73. The van der Waals surface area contributed by atoms with Crippen LogP contribution < -0.4 is 10.7 Å². The molecule has 7 heteroatoms. The van der Waals surface area contributed by atoms with Crippen LogP contribution in [0.1, 0.15) is 48.9 Å². The summed E-state index contributed by atoms with van der Waals surface area (Å²) in [5, 5.41) is 0. The van der Waals surface area contributed by atoms with Gasteiger partial charge in [-0.25, -0.2) is 0 Å². The monoisotopic (exact) mass is 926 g/mol. The van der Waals surface area contributed by atoms with E-state index in [0.717, 1.165) is 0 Å². The van der Waals surface area contributed by atoms with Gasteiger partial charge in [-0.2, -0.15) is 0 Å². The van der Waals surface area contributed by atoms with E-state index >= 15 is 9.59 Å². The number of esters is 2. The molecule has 0 aromatic heterocycles. The first-order chi connectivity index (χ1) is 30.3. The Kier molecular flexibility index (Phi) is 11.7. The normalized spacial score (nSPS) is 20.8. The summed E-state index contributed by atoms with van der Waals surface area (Å²) in [4.78, 5) is 31.0. The minimum absolute atomic E-state index is 0.0349. The molecule has 9 rings (SSSR count). The van der Waals surface area contributed by atoms with Gasteiger partial charge >= 0.3 is 370 Å². The third-order valence-corrected chi connectivity index (χ3v) is 27.1. The number of hydrogen-bond acceptors (Lipinski definition) is 6. The van der Waals surface area contributed by atoms with E-state index < -0.39 is 65.4 Å². The molecular formula is C55H50O6Sn. The Morgan fingerprint density at radius 1 is 0.452 bits per heavy atom. The first-order valence-corrected chi connectivity index (χ1v) is 27.8. The molecule has 7 aromatic rings. The predicted octanol–water partition coefficient (Wildman–Crippen LogP) is 9.06. The van der Waals surface area contributed by atoms with Gasteiger partial charge < -0.3 is 0 Å². The fraction of sp³-hybridized carbons (Fsp3) is 0.200. The second-order valence-corrected chi connectivity index (χ2v) is 28.0. The zero-order valence-electron chi connectivity index (χ0n) is 35.0. The van der Waals surface area contributed by atoms with Crippen LogP contribution in [0.4, 0.5) is 0 Å². The summed E-state index contributed by atoms with van der Waals surface area (Å²) >= 11 is -4.19. The Bertz CT molecular complexity index is 2400. The van der Waals surface area contributed by atoms with Crippen LogP contribution in [0.2, 0.25) is 4.44 Å². The third-order valence-electron chi connectivity index (χ3n) is 12.6. The second-order valence-electron chi connectivity index (χ2n) is 16.8. The van der Waals surface area contributed by atoms with Gasteiger partial charge in [0.15, 0.2) is 0 Å². The van der Waals surface area contributed by atoms with E-state index in [1.165, 1.54) is 10.7 Å². The number of ether oxygens (including phenoxy) is 4. The van der Waals surface area contributed by atoms with Crippen molar-refractivity contribution in [2.24, 2.45) is 5.92 Å². The Morgan fingerprint density at radius 2 is 0.758 bits per heavy atom. The average Bonchev–Trinajstić information content (AvgIpc) is 3.66. The molecule has 2 aliphatic rings. The molecule has 0 spiro atoms. The maximum atomic E-state index is 16.0. The van der Waals surface area contributed by atoms with E-state index in [1.54, 1.807) is 0 Å². The van der Waals surface area contributed by atoms with Crippen LogP contribution in [0.5, 0.6) is 0 Å². The zero-order valence-corrected chi connectivity index (χ0v) is 37.9. The Morgan fingerprint density at radius 3 is 1.10 bits per heavy atom. The Balaban J connectivity index is 1.32.